The minimum Gasteiger partial charge on any atom is -0.366 e. The number of hydroxylamine groups is 2. The number of hydrogen-bond acceptors (Lipinski definition) is 3. The molecule has 0 bridgehead atoms. The van der Waals surface area contributed by atoms with Crippen LogP contribution in [0.25, 0.3) is 0 Å². The maximum absolute atomic E-state index is 5.63. The van der Waals surface area contributed by atoms with Gasteiger partial charge in [-0.1, -0.05) is 42.5 Å². The van der Waals surface area contributed by atoms with Crippen molar-refractivity contribution in [3.05, 3.63) is 65.2 Å². The first-order chi connectivity index (χ1) is 12.0. The number of aryl methyl sites for hydroxylation is 1. The van der Waals surface area contributed by atoms with Crippen molar-refractivity contribution < 1.29 is 4.84 Å². The zero-order chi connectivity index (χ0) is 18.2. The van der Waals surface area contributed by atoms with Crippen LogP contribution in [0.5, 0.6) is 0 Å². The lowest BCUT2D eigenvalue weighted by Gasteiger charge is -2.27. The Kier molecular flexibility index (Phi) is 7.16. The van der Waals surface area contributed by atoms with E-state index in [1.807, 2.05) is 24.5 Å². The largest absolute Gasteiger partial charge is 0.366 e. The van der Waals surface area contributed by atoms with E-state index in [2.05, 4.69) is 73.1 Å². The highest BCUT2D eigenvalue weighted by molar-refractivity contribution is 5.63. The lowest BCUT2D eigenvalue weighted by atomic mass is 10.1. The Balaban J connectivity index is 2.10. The maximum Gasteiger partial charge on any atom is 0.0909 e. The molecule has 4 heteroatoms. The zero-order valence-corrected chi connectivity index (χ0v) is 15.9. The van der Waals surface area contributed by atoms with Gasteiger partial charge >= 0.3 is 0 Å². The first-order valence-corrected chi connectivity index (χ1v) is 8.74. The number of nitrogens with zero attached hydrogens (tertiary/aromatic N) is 3. The van der Waals surface area contributed by atoms with Crippen molar-refractivity contribution in [2.24, 2.45) is 4.99 Å². The molecule has 0 amide bonds. The number of aliphatic imine (C=N–C) groups is 1. The van der Waals surface area contributed by atoms with Gasteiger partial charge in [-0.25, -0.2) is 4.99 Å². The molecule has 0 aliphatic heterocycles. The number of hydrogen-bond donors (Lipinski definition) is 0. The second kappa shape index (κ2) is 9.35. The molecule has 0 aromatic heterocycles. The van der Waals surface area contributed by atoms with E-state index in [0.29, 0.717) is 0 Å². The molecule has 4 nitrogen and oxygen atoms in total. The normalized spacial score (nSPS) is 12.7. The minimum atomic E-state index is 0.183. The van der Waals surface area contributed by atoms with Gasteiger partial charge in [0, 0.05) is 20.1 Å². The molecule has 0 heterocycles. The Morgan fingerprint density at radius 3 is 2.48 bits per heavy atom. The molecular formula is C21H29N3O. The molecule has 25 heavy (non-hydrogen) atoms. The molecule has 2 rings (SSSR count). The van der Waals surface area contributed by atoms with Crippen LogP contribution in [0, 0.1) is 6.92 Å². The van der Waals surface area contributed by atoms with Gasteiger partial charge in [0.05, 0.1) is 25.2 Å². The van der Waals surface area contributed by atoms with Crippen molar-refractivity contribution in [1.29, 1.82) is 0 Å². The Morgan fingerprint density at radius 1 is 1.16 bits per heavy atom. The molecule has 0 saturated carbocycles. The first-order valence-electron chi connectivity index (χ1n) is 8.74. The van der Waals surface area contributed by atoms with Crippen LogP contribution < -0.4 is 0 Å². The van der Waals surface area contributed by atoms with Crippen LogP contribution in [-0.2, 0) is 11.4 Å². The molecule has 2 aromatic carbocycles. The smallest absolute Gasteiger partial charge is 0.0909 e. The standard InChI is InChI=1S/C21H29N3O/c1-6-23(4)16-22-21-13-12-19(14-17(21)2)15-24(25-5)18(3)20-10-8-7-9-11-20/h7-14,16,18H,6,15H2,1-5H3. The van der Waals surface area contributed by atoms with E-state index < -0.39 is 0 Å². The number of rotatable bonds is 8. The molecule has 0 fully saturated rings. The summed E-state index contributed by atoms with van der Waals surface area (Å²) in [5.74, 6) is 0. The van der Waals surface area contributed by atoms with Gasteiger partial charge in [0.1, 0.15) is 0 Å². The fraction of sp³-hybridized carbons (Fsp3) is 0.381. The summed E-state index contributed by atoms with van der Waals surface area (Å²) in [5.41, 5.74) is 4.63. The third kappa shape index (κ3) is 5.41. The molecule has 0 radical (unpaired) electrons. The molecule has 0 aliphatic carbocycles. The molecule has 1 atom stereocenters. The van der Waals surface area contributed by atoms with E-state index in [1.54, 1.807) is 7.11 Å². The summed E-state index contributed by atoms with van der Waals surface area (Å²) < 4.78 is 0. The van der Waals surface area contributed by atoms with E-state index >= 15 is 0 Å². The number of benzene rings is 2. The Hall–Kier alpha value is -2.17. The van der Waals surface area contributed by atoms with Crippen molar-refractivity contribution in [3.63, 3.8) is 0 Å². The quantitative estimate of drug-likeness (QED) is 0.395. The van der Waals surface area contributed by atoms with Crippen LogP contribution in [0.3, 0.4) is 0 Å². The second-order valence-corrected chi connectivity index (χ2v) is 6.28. The van der Waals surface area contributed by atoms with Crippen LogP contribution in [0.15, 0.2) is 53.5 Å². The van der Waals surface area contributed by atoms with Gasteiger partial charge in [0.25, 0.3) is 0 Å². The summed E-state index contributed by atoms with van der Waals surface area (Å²) in [7, 11) is 3.75. The fourth-order valence-corrected chi connectivity index (χ4v) is 2.64. The van der Waals surface area contributed by atoms with E-state index in [1.165, 1.54) is 16.7 Å². The predicted octanol–water partition coefficient (Wildman–Crippen LogP) is 4.73. The van der Waals surface area contributed by atoms with Crippen molar-refractivity contribution in [1.82, 2.24) is 9.96 Å². The van der Waals surface area contributed by atoms with E-state index in [4.69, 9.17) is 4.84 Å². The highest BCUT2D eigenvalue weighted by Gasteiger charge is 2.16. The van der Waals surface area contributed by atoms with Gasteiger partial charge in [-0.2, -0.15) is 5.06 Å². The minimum absolute atomic E-state index is 0.183. The average molecular weight is 339 g/mol. The van der Waals surface area contributed by atoms with Crippen molar-refractivity contribution >= 4 is 12.0 Å². The molecule has 0 aliphatic rings. The van der Waals surface area contributed by atoms with Gasteiger partial charge < -0.3 is 9.74 Å². The van der Waals surface area contributed by atoms with Crippen molar-refractivity contribution in [3.8, 4) is 0 Å². The molecular weight excluding hydrogens is 310 g/mol. The summed E-state index contributed by atoms with van der Waals surface area (Å²) in [6, 6.07) is 17.0. The molecule has 0 N–H and O–H groups in total. The summed E-state index contributed by atoms with van der Waals surface area (Å²) in [6.07, 6.45) is 1.88. The molecule has 2 aromatic rings. The Morgan fingerprint density at radius 2 is 1.88 bits per heavy atom. The SMILES string of the molecule is CCN(C)C=Nc1ccc(CN(OC)C(C)c2ccccc2)cc1C. The van der Waals surface area contributed by atoms with Crippen LogP contribution in [0.4, 0.5) is 5.69 Å². The van der Waals surface area contributed by atoms with E-state index in [0.717, 1.165) is 18.8 Å². The van der Waals surface area contributed by atoms with Crippen LogP contribution in [0.1, 0.15) is 36.6 Å². The van der Waals surface area contributed by atoms with Gasteiger partial charge in [0.2, 0.25) is 0 Å². The van der Waals surface area contributed by atoms with Gasteiger partial charge in [-0.3, -0.25) is 0 Å². The van der Waals surface area contributed by atoms with E-state index in [9.17, 15) is 0 Å². The third-order valence-corrected chi connectivity index (χ3v) is 4.44. The topological polar surface area (TPSA) is 28.1 Å². The summed E-state index contributed by atoms with van der Waals surface area (Å²) in [5, 5.41) is 2.00. The van der Waals surface area contributed by atoms with Crippen LogP contribution in [-0.4, -0.2) is 37.0 Å². The molecule has 0 spiro atoms. The Bertz CT molecular complexity index is 685. The van der Waals surface area contributed by atoms with Gasteiger partial charge in [-0.05, 0) is 43.5 Å². The maximum atomic E-state index is 5.63. The second-order valence-electron chi connectivity index (χ2n) is 6.28. The monoisotopic (exact) mass is 339 g/mol. The zero-order valence-electron chi connectivity index (χ0n) is 15.9. The highest BCUT2D eigenvalue weighted by atomic mass is 16.7. The third-order valence-electron chi connectivity index (χ3n) is 4.44. The molecule has 134 valence electrons. The summed E-state index contributed by atoms with van der Waals surface area (Å²) in [6.45, 7) is 8.03. The lowest BCUT2D eigenvalue weighted by molar-refractivity contribution is -0.167. The molecule has 0 saturated heterocycles. The highest BCUT2D eigenvalue weighted by Crippen LogP contribution is 2.25. The summed E-state index contributed by atoms with van der Waals surface area (Å²) >= 11 is 0. The van der Waals surface area contributed by atoms with Gasteiger partial charge in [-0.15, -0.1) is 0 Å². The van der Waals surface area contributed by atoms with E-state index in [-0.39, 0.29) is 6.04 Å². The average Bonchev–Trinajstić information content (AvgIpc) is 2.65. The van der Waals surface area contributed by atoms with Crippen molar-refractivity contribution in [2.75, 3.05) is 20.7 Å². The van der Waals surface area contributed by atoms with Crippen LogP contribution in [0.2, 0.25) is 0 Å². The molecule has 1 unspecified atom stereocenters. The van der Waals surface area contributed by atoms with Crippen LogP contribution >= 0.6 is 0 Å². The first kappa shape index (κ1) is 19.2. The van der Waals surface area contributed by atoms with Gasteiger partial charge in [0.15, 0.2) is 0 Å². The fourth-order valence-electron chi connectivity index (χ4n) is 2.64. The van der Waals surface area contributed by atoms with Crippen molar-refractivity contribution in [2.45, 2.75) is 33.4 Å². The predicted molar refractivity (Wildman–Crippen MR) is 105 cm³/mol. The lowest BCUT2D eigenvalue weighted by Crippen LogP contribution is -2.25. The Labute approximate surface area is 151 Å². The summed E-state index contributed by atoms with van der Waals surface area (Å²) in [4.78, 5) is 12.2.